The minimum Gasteiger partial charge on any atom is -0.313 e. The van der Waals surface area contributed by atoms with E-state index >= 15 is 0 Å². The van der Waals surface area contributed by atoms with Crippen LogP contribution < -0.4 is 5.32 Å². The van der Waals surface area contributed by atoms with E-state index < -0.39 is 0 Å². The summed E-state index contributed by atoms with van der Waals surface area (Å²) < 4.78 is 1.92. The number of hydrogen-bond donors (Lipinski definition) is 1. The fraction of sp³-hybridized carbons (Fsp3) is 0.200. The summed E-state index contributed by atoms with van der Waals surface area (Å²) >= 11 is 1.59. The second-order valence-electron chi connectivity index (χ2n) is 4.39. The van der Waals surface area contributed by atoms with Crippen molar-refractivity contribution in [3.63, 3.8) is 0 Å². The summed E-state index contributed by atoms with van der Waals surface area (Å²) in [5.74, 6) is 0. The van der Waals surface area contributed by atoms with E-state index in [2.05, 4.69) is 34.5 Å². The zero-order valence-corrected chi connectivity index (χ0v) is 12.1. The largest absolute Gasteiger partial charge is 0.313 e. The van der Waals surface area contributed by atoms with E-state index in [4.69, 9.17) is 0 Å². The molecule has 3 rings (SSSR count). The van der Waals surface area contributed by atoms with Crippen LogP contribution in [0.25, 0.3) is 16.4 Å². The fourth-order valence-electron chi connectivity index (χ4n) is 2.14. The first-order valence-corrected chi connectivity index (χ1v) is 7.51. The molecular weight excluding hydrogens is 268 g/mol. The molecule has 0 amide bonds. The summed E-state index contributed by atoms with van der Waals surface area (Å²) in [4.78, 5) is 4.36. The van der Waals surface area contributed by atoms with E-state index in [1.165, 1.54) is 5.56 Å². The number of nitrogens with zero attached hydrogens (tertiary/aromatic N) is 3. The molecule has 4 nitrogen and oxygen atoms in total. The number of aromatic nitrogens is 3. The molecule has 102 valence electrons. The van der Waals surface area contributed by atoms with Crippen LogP contribution in [-0.4, -0.2) is 21.3 Å². The van der Waals surface area contributed by atoms with Crippen LogP contribution in [0.5, 0.6) is 0 Å². The van der Waals surface area contributed by atoms with Crippen LogP contribution in [0, 0.1) is 0 Å². The van der Waals surface area contributed by atoms with Gasteiger partial charge in [-0.2, -0.15) is 5.10 Å². The SMILES string of the molecule is CCNCc1cnn(-c2nccs2)c1-c1ccccc1. The standard InChI is InChI=1S/C15H16N4S/c1-2-16-10-13-11-18-19(15-17-8-9-20-15)14(13)12-6-4-3-5-7-12/h3-9,11,16H,2,10H2,1H3. The molecule has 0 radical (unpaired) electrons. The Kier molecular flexibility index (Phi) is 3.90. The Bertz CT molecular complexity index is 659. The summed E-state index contributed by atoms with van der Waals surface area (Å²) in [5.41, 5.74) is 3.46. The molecular formula is C15H16N4S. The number of nitrogens with one attached hydrogen (secondary N) is 1. The zero-order chi connectivity index (χ0) is 13.8. The van der Waals surface area contributed by atoms with E-state index in [-0.39, 0.29) is 0 Å². The van der Waals surface area contributed by atoms with Crippen molar-refractivity contribution >= 4 is 11.3 Å². The Morgan fingerprint density at radius 1 is 1.25 bits per heavy atom. The molecule has 2 aromatic heterocycles. The van der Waals surface area contributed by atoms with Crippen LogP contribution in [-0.2, 0) is 6.54 Å². The number of hydrogen-bond acceptors (Lipinski definition) is 4. The third kappa shape index (κ3) is 2.50. The monoisotopic (exact) mass is 284 g/mol. The molecule has 0 aliphatic carbocycles. The fourth-order valence-corrected chi connectivity index (χ4v) is 2.74. The van der Waals surface area contributed by atoms with Gasteiger partial charge >= 0.3 is 0 Å². The van der Waals surface area contributed by atoms with Gasteiger partial charge < -0.3 is 5.32 Å². The Balaban J connectivity index is 2.10. The van der Waals surface area contributed by atoms with Crippen molar-refractivity contribution in [3.05, 3.63) is 53.7 Å². The van der Waals surface area contributed by atoms with Gasteiger partial charge in [-0.3, -0.25) is 0 Å². The Morgan fingerprint density at radius 3 is 2.80 bits per heavy atom. The zero-order valence-electron chi connectivity index (χ0n) is 11.3. The highest BCUT2D eigenvalue weighted by molar-refractivity contribution is 7.12. The molecule has 0 saturated heterocycles. The summed E-state index contributed by atoms with van der Waals surface area (Å²) in [6.45, 7) is 3.86. The second kappa shape index (κ2) is 5.98. The molecule has 2 heterocycles. The summed E-state index contributed by atoms with van der Waals surface area (Å²) in [6.07, 6.45) is 3.73. The minimum atomic E-state index is 0.812. The maximum absolute atomic E-state index is 4.51. The lowest BCUT2D eigenvalue weighted by atomic mass is 10.1. The van der Waals surface area contributed by atoms with Gasteiger partial charge in [0.15, 0.2) is 0 Å². The molecule has 20 heavy (non-hydrogen) atoms. The average Bonchev–Trinajstić information content (AvgIpc) is 3.15. The minimum absolute atomic E-state index is 0.812. The molecule has 0 aliphatic heterocycles. The summed E-state index contributed by atoms with van der Waals surface area (Å²) in [7, 11) is 0. The van der Waals surface area contributed by atoms with E-state index in [1.807, 2.05) is 34.5 Å². The molecule has 0 fully saturated rings. The first-order valence-electron chi connectivity index (χ1n) is 6.63. The van der Waals surface area contributed by atoms with E-state index in [0.29, 0.717) is 0 Å². The predicted octanol–water partition coefficient (Wildman–Crippen LogP) is 3.11. The number of thiazole rings is 1. The van der Waals surface area contributed by atoms with E-state index in [1.54, 1.807) is 17.5 Å². The lowest BCUT2D eigenvalue weighted by Crippen LogP contribution is -2.12. The first kappa shape index (κ1) is 13.0. The second-order valence-corrected chi connectivity index (χ2v) is 5.26. The van der Waals surface area contributed by atoms with Crippen molar-refractivity contribution in [1.29, 1.82) is 0 Å². The Hall–Kier alpha value is -1.98. The third-order valence-corrected chi connectivity index (χ3v) is 3.81. The molecule has 0 saturated carbocycles. The summed E-state index contributed by atoms with van der Waals surface area (Å²) in [5, 5.41) is 10.7. The molecule has 1 N–H and O–H groups in total. The highest BCUT2D eigenvalue weighted by atomic mass is 32.1. The van der Waals surface area contributed by atoms with Crippen molar-refractivity contribution in [1.82, 2.24) is 20.1 Å². The van der Waals surface area contributed by atoms with Gasteiger partial charge in [-0.15, -0.1) is 11.3 Å². The molecule has 1 aromatic carbocycles. The topological polar surface area (TPSA) is 42.7 Å². The van der Waals surface area contributed by atoms with Crippen LogP contribution in [0.2, 0.25) is 0 Å². The maximum atomic E-state index is 4.51. The van der Waals surface area contributed by atoms with Gasteiger partial charge in [0.1, 0.15) is 0 Å². The van der Waals surface area contributed by atoms with Crippen molar-refractivity contribution in [2.75, 3.05) is 6.54 Å². The lowest BCUT2D eigenvalue weighted by molar-refractivity contribution is 0.728. The third-order valence-electron chi connectivity index (χ3n) is 3.06. The normalized spacial score (nSPS) is 10.8. The van der Waals surface area contributed by atoms with Crippen LogP contribution in [0.1, 0.15) is 12.5 Å². The Labute approximate surface area is 122 Å². The highest BCUT2D eigenvalue weighted by Crippen LogP contribution is 2.27. The smallest absolute Gasteiger partial charge is 0.210 e. The number of benzene rings is 1. The highest BCUT2D eigenvalue weighted by Gasteiger charge is 2.15. The van der Waals surface area contributed by atoms with Gasteiger partial charge in [0, 0.05) is 29.2 Å². The van der Waals surface area contributed by atoms with Gasteiger partial charge in [0.2, 0.25) is 5.13 Å². The predicted molar refractivity (Wildman–Crippen MR) is 82.1 cm³/mol. The van der Waals surface area contributed by atoms with Gasteiger partial charge in [0.05, 0.1) is 11.9 Å². The van der Waals surface area contributed by atoms with Crippen molar-refractivity contribution in [2.24, 2.45) is 0 Å². The van der Waals surface area contributed by atoms with Gasteiger partial charge in [0.25, 0.3) is 0 Å². The quantitative estimate of drug-likeness (QED) is 0.783. The van der Waals surface area contributed by atoms with Crippen molar-refractivity contribution < 1.29 is 0 Å². The maximum Gasteiger partial charge on any atom is 0.210 e. The van der Waals surface area contributed by atoms with E-state index in [9.17, 15) is 0 Å². The molecule has 5 heteroatoms. The van der Waals surface area contributed by atoms with Crippen LogP contribution in [0.4, 0.5) is 0 Å². The van der Waals surface area contributed by atoms with Gasteiger partial charge in [-0.1, -0.05) is 37.3 Å². The lowest BCUT2D eigenvalue weighted by Gasteiger charge is -2.08. The van der Waals surface area contributed by atoms with Gasteiger partial charge in [-0.05, 0) is 6.54 Å². The van der Waals surface area contributed by atoms with Crippen molar-refractivity contribution in [2.45, 2.75) is 13.5 Å². The van der Waals surface area contributed by atoms with Crippen LogP contribution in [0.15, 0.2) is 48.1 Å². The molecule has 0 atom stereocenters. The number of rotatable bonds is 5. The van der Waals surface area contributed by atoms with E-state index in [0.717, 1.165) is 29.5 Å². The molecule has 0 unspecified atom stereocenters. The Morgan fingerprint density at radius 2 is 2.10 bits per heavy atom. The molecule has 0 spiro atoms. The van der Waals surface area contributed by atoms with Crippen molar-refractivity contribution in [3.8, 4) is 16.4 Å². The summed E-state index contributed by atoms with van der Waals surface area (Å²) in [6, 6.07) is 10.3. The molecule has 0 aliphatic rings. The van der Waals surface area contributed by atoms with Crippen LogP contribution >= 0.6 is 11.3 Å². The molecule has 0 bridgehead atoms. The van der Waals surface area contributed by atoms with Crippen LogP contribution in [0.3, 0.4) is 0 Å². The van der Waals surface area contributed by atoms with Gasteiger partial charge in [-0.25, -0.2) is 9.67 Å². The molecule has 3 aromatic rings. The average molecular weight is 284 g/mol. The first-order chi connectivity index (χ1) is 9.90.